The minimum atomic E-state index is 0.0827. The number of ketones is 1. The van der Waals surface area contributed by atoms with Crippen LogP contribution in [0.25, 0.3) is 0 Å². The Morgan fingerprint density at radius 3 is 2.35 bits per heavy atom. The molecular weight excluding hydrogens is 232 g/mol. The first-order chi connectivity index (χ1) is 8.18. The molecule has 0 bridgehead atoms. The normalized spacial score (nSPS) is 17.8. The van der Waals surface area contributed by atoms with Crippen molar-refractivity contribution >= 4 is 17.4 Å². The summed E-state index contributed by atoms with van der Waals surface area (Å²) >= 11 is 6.31. The lowest BCUT2D eigenvalue weighted by Gasteiger charge is -2.16. The van der Waals surface area contributed by atoms with Gasteiger partial charge in [0.25, 0.3) is 0 Å². The quantitative estimate of drug-likeness (QED) is 0.534. The summed E-state index contributed by atoms with van der Waals surface area (Å²) in [5.41, 5.74) is 1.95. The van der Waals surface area contributed by atoms with E-state index in [0.717, 1.165) is 5.02 Å². The van der Waals surface area contributed by atoms with Gasteiger partial charge in [-0.2, -0.15) is 0 Å². The van der Waals surface area contributed by atoms with Crippen LogP contribution < -0.4 is 0 Å². The van der Waals surface area contributed by atoms with Crippen molar-refractivity contribution in [2.75, 3.05) is 0 Å². The number of Topliss-reactive ketones (excluding diaryl/α,β-unsaturated/α-hetero) is 1. The van der Waals surface area contributed by atoms with Crippen molar-refractivity contribution in [3.8, 4) is 0 Å². The van der Waals surface area contributed by atoms with Crippen LogP contribution in [0.4, 0.5) is 0 Å². The molecule has 1 saturated carbocycles. The Labute approximate surface area is 108 Å². The molecule has 0 spiro atoms. The molecule has 1 aromatic carbocycles. The summed E-state index contributed by atoms with van der Waals surface area (Å²) in [7, 11) is 0. The lowest BCUT2D eigenvalue weighted by atomic mass is 9.91. The predicted molar refractivity (Wildman–Crippen MR) is 71.9 cm³/mol. The van der Waals surface area contributed by atoms with Crippen LogP contribution in [0.2, 0.25) is 5.02 Å². The molecule has 0 amide bonds. The van der Waals surface area contributed by atoms with E-state index in [-0.39, 0.29) is 5.78 Å². The van der Waals surface area contributed by atoms with Crippen LogP contribution in [0.15, 0.2) is 18.2 Å². The third-order valence-corrected chi connectivity index (χ3v) is 4.03. The summed E-state index contributed by atoms with van der Waals surface area (Å²) < 4.78 is 0. The Morgan fingerprint density at radius 1 is 1.18 bits per heavy atom. The van der Waals surface area contributed by atoms with Crippen molar-refractivity contribution < 1.29 is 4.79 Å². The fourth-order valence-electron chi connectivity index (χ4n) is 2.67. The van der Waals surface area contributed by atoms with Crippen molar-refractivity contribution in [3.63, 3.8) is 0 Å². The number of hydrogen-bond acceptors (Lipinski definition) is 1. The minimum Gasteiger partial charge on any atom is -0.295 e. The zero-order valence-electron chi connectivity index (χ0n) is 10.3. The van der Waals surface area contributed by atoms with E-state index < -0.39 is 0 Å². The Kier molecular flexibility index (Phi) is 4.22. The smallest absolute Gasteiger partial charge is 0.159 e. The van der Waals surface area contributed by atoms with Crippen LogP contribution in [-0.2, 0) is 0 Å². The summed E-state index contributed by atoms with van der Waals surface area (Å²) in [6.45, 7) is 1.58. The highest BCUT2D eigenvalue weighted by atomic mass is 35.5. The second kappa shape index (κ2) is 5.68. The molecule has 2 heteroatoms. The van der Waals surface area contributed by atoms with E-state index in [2.05, 4.69) is 6.07 Å². The van der Waals surface area contributed by atoms with Gasteiger partial charge in [0, 0.05) is 10.6 Å². The molecule has 0 radical (unpaired) electrons. The zero-order valence-corrected chi connectivity index (χ0v) is 11.1. The van der Waals surface area contributed by atoms with Crippen LogP contribution in [-0.4, -0.2) is 5.78 Å². The molecule has 0 N–H and O–H groups in total. The number of rotatable bonds is 2. The molecule has 0 aliphatic heterocycles. The molecule has 1 nitrogen and oxygen atoms in total. The Bertz CT molecular complexity index is 403. The predicted octanol–water partition coefficient (Wildman–Crippen LogP) is 4.98. The molecule has 0 unspecified atom stereocenters. The van der Waals surface area contributed by atoms with Crippen LogP contribution in [0.5, 0.6) is 0 Å². The topological polar surface area (TPSA) is 17.1 Å². The zero-order chi connectivity index (χ0) is 12.3. The molecule has 0 saturated heterocycles. The van der Waals surface area contributed by atoms with Crippen molar-refractivity contribution in [1.29, 1.82) is 0 Å². The van der Waals surface area contributed by atoms with E-state index in [1.165, 1.54) is 44.1 Å². The van der Waals surface area contributed by atoms with Gasteiger partial charge >= 0.3 is 0 Å². The highest BCUT2D eigenvalue weighted by Gasteiger charge is 2.17. The molecule has 1 aromatic rings. The summed E-state index contributed by atoms with van der Waals surface area (Å²) in [5, 5.41) is 0.768. The van der Waals surface area contributed by atoms with Crippen LogP contribution in [0, 0.1) is 0 Å². The number of carbonyl (C=O) groups is 1. The van der Waals surface area contributed by atoms with Gasteiger partial charge in [-0.05, 0) is 37.3 Å². The van der Waals surface area contributed by atoms with Crippen molar-refractivity contribution in [3.05, 3.63) is 34.3 Å². The van der Waals surface area contributed by atoms with Crippen LogP contribution in [0.1, 0.15) is 67.3 Å². The Hall–Kier alpha value is -0.820. The molecule has 2 rings (SSSR count). The lowest BCUT2D eigenvalue weighted by molar-refractivity contribution is 0.101. The number of hydrogen-bond donors (Lipinski definition) is 0. The highest BCUT2D eigenvalue weighted by Crippen LogP contribution is 2.35. The van der Waals surface area contributed by atoms with Crippen molar-refractivity contribution in [2.45, 2.75) is 51.4 Å². The lowest BCUT2D eigenvalue weighted by Crippen LogP contribution is -2.00. The first-order valence-corrected chi connectivity index (χ1v) is 6.86. The molecule has 0 aromatic heterocycles. The number of benzene rings is 1. The fourth-order valence-corrected chi connectivity index (χ4v) is 3.00. The third-order valence-electron chi connectivity index (χ3n) is 3.70. The largest absolute Gasteiger partial charge is 0.295 e. The average molecular weight is 251 g/mol. The van der Waals surface area contributed by atoms with Crippen LogP contribution in [0.3, 0.4) is 0 Å². The molecule has 0 heterocycles. The standard InChI is InChI=1S/C15H19ClO/c1-11(17)13-8-9-14(15(16)10-13)12-6-4-2-3-5-7-12/h8-10,12H,2-7H2,1H3. The monoisotopic (exact) mass is 250 g/mol. The number of carbonyl (C=O) groups excluding carboxylic acids is 1. The maximum absolute atomic E-state index is 11.3. The molecular formula is C15H19ClO. The summed E-state index contributed by atoms with van der Waals surface area (Å²) in [4.78, 5) is 11.3. The molecule has 0 atom stereocenters. The number of halogens is 1. The third kappa shape index (κ3) is 3.10. The molecule has 1 aliphatic carbocycles. The van der Waals surface area contributed by atoms with Gasteiger partial charge < -0.3 is 0 Å². The van der Waals surface area contributed by atoms with Gasteiger partial charge in [0.2, 0.25) is 0 Å². The van der Waals surface area contributed by atoms with Crippen molar-refractivity contribution in [2.24, 2.45) is 0 Å². The van der Waals surface area contributed by atoms with Gasteiger partial charge in [-0.1, -0.05) is 49.4 Å². The maximum Gasteiger partial charge on any atom is 0.159 e. The van der Waals surface area contributed by atoms with E-state index in [4.69, 9.17) is 11.6 Å². The van der Waals surface area contributed by atoms with Gasteiger partial charge in [0.15, 0.2) is 5.78 Å². The first kappa shape index (κ1) is 12.6. The fraction of sp³-hybridized carbons (Fsp3) is 0.533. The molecule has 1 aliphatic rings. The van der Waals surface area contributed by atoms with Gasteiger partial charge in [-0.15, -0.1) is 0 Å². The second-order valence-electron chi connectivity index (χ2n) is 4.98. The van der Waals surface area contributed by atoms with E-state index >= 15 is 0 Å². The molecule has 1 fully saturated rings. The Morgan fingerprint density at radius 2 is 1.82 bits per heavy atom. The van der Waals surface area contributed by atoms with E-state index in [1.807, 2.05) is 12.1 Å². The average Bonchev–Trinajstić information content (AvgIpc) is 2.57. The van der Waals surface area contributed by atoms with E-state index in [1.54, 1.807) is 6.92 Å². The summed E-state index contributed by atoms with van der Waals surface area (Å²) in [6, 6.07) is 5.79. The van der Waals surface area contributed by atoms with E-state index in [0.29, 0.717) is 11.5 Å². The maximum atomic E-state index is 11.3. The minimum absolute atomic E-state index is 0.0827. The van der Waals surface area contributed by atoms with Gasteiger partial charge in [-0.3, -0.25) is 4.79 Å². The summed E-state index contributed by atoms with van der Waals surface area (Å²) in [5.74, 6) is 0.672. The Balaban J connectivity index is 2.22. The van der Waals surface area contributed by atoms with Crippen molar-refractivity contribution in [1.82, 2.24) is 0 Å². The van der Waals surface area contributed by atoms with Gasteiger partial charge in [0.05, 0.1) is 0 Å². The first-order valence-electron chi connectivity index (χ1n) is 6.49. The van der Waals surface area contributed by atoms with Gasteiger partial charge in [0.1, 0.15) is 0 Å². The highest BCUT2D eigenvalue weighted by molar-refractivity contribution is 6.31. The molecule has 17 heavy (non-hydrogen) atoms. The second-order valence-corrected chi connectivity index (χ2v) is 5.39. The summed E-state index contributed by atoms with van der Waals surface area (Å²) in [6.07, 6.45) is 7.77. The van der Waals surface area contributed by atoms with Gasteiger partial charge in [-0.25, -0.2) is 0 Å². The SMILES string of the molecule is CC(=O)c1ccc(C2CCCCCC2)c(Cl)c1. The van der Waals surface area contributed by atoms with E-state index in [9.17, 15) is 4.79 Å². The molecule has 92 valence electrons. The van der Waals surface area contributed by atoms with Crippen LogP contribution >= 0.6 is 11.6 Å².